The zero-order valence-electron chi connectivity index (χ0n) is 10.4. The van der Waals surface area contributed by atoms with E-state index in [9.17, 15) is 5.11 Å². The Morgan fingerprint density at radius 2 is 2.24 bits per heavy atom. The monoisotopic (exact) mass is 235 g/mol. The SMILES string of the molecule is CCC(O)/C(=C\C1CCCCC1)n1cncn1. The highest BCUT2D eigenvalue weighted by Crippen LogP contribution is 2.27. The van der Waals surface area contributed by atoms with Crippen molar-refractivity contribution in [2.24, 2.45) is 5.92 Å². The number of nitrogens with zero attached hydrogens (tertiary/aromatic N) is 3. The minimum atomic E-state index is -0.446. The largest absolute Gasteiger partial charge is 0.387 e. The molecule has 1 aromatic rings. The molecule has 17 heavy (non-hydrogen) atoms. The summed E-state index contributed by atoms with van der Waals surface area (Å²) < 4.78 is 1.70. The highest BCUT2D eigenvalue weighted by atomic mass is 16.3. The predicted molar refractivity (Wildman–Crippen MR) is 67.2 cm³/mol. The fourth-order valence-corrected chi connectivity index (χ4v) is 2.43. The molecule has 0 saturated heterocycles. The van der Waals surface area contributed by atoms with Gasteiger partial charge >= 0.3 is 0 Å². The Bertz CT molecular complexity index is 353. The average molecular weight is 235 g/mol. The van der Waals surface area contributed by atoms with Crippen LogP contribution in [0.4, 0.5) is 0 Å². The van der Waals surface area contributed by atoms with Crippen molar-refractivity contribution < 1.29 is 5.11 Å². The van der Waals surface area contributed by atoms with Crippen LogP contribution in [0.15, 0.2) is 18.7 Å². The first kappa shape index (κ1) is 12.3. The highest BCUT2D eigenvalue weighted by Gasteiger charge is 2.17. The zero-order chi connectivity index (χ0) is 12.1. The molecule has 1 saturated carbocycles. The quantitative estimate of drug-likeness (QED) is 0.872. The molecular weight excluding hydrogens is 214 g/mol. The molecule has 1 atom stereocenters. The molecule has 1 aliphatic rings. The molecule has 0 spiro atoms. The lowest BCUT2D eigenvalue weighted by Crippen LogP contribution is -2.16. The number of hydrogen-bond donors (Lipinski definition) is 1. The normalized spacial score (nSPS) is 20.5. The van der Waals surface area contributed by atoms with Gasteiger partial charge in [0.25, 0.3) is 0 Å². The summed E-state index contributed by atoms with van der Waals surface area (Å²) in [5.41, 5.74) is 0.886. The van der Waals surface area contributed by atoms with Crippen molar-refractivity contribution in [2.45, 2.75) is 51.6 Å². The predicted octanol–water partition coefficient (Wildman–Crippen LogP) is 2.47. The second kappa shape index (κ2) is 5.96. The van der Waals surface area contributed by atoms with Crippen LogP contribution in [0.2, 0.25) is 0 Å². The number of aromatic nitrogens is 3. The molecule has 1 heterocycles. The molecule has 94 valence electrons. The zero-order valence-corrected chi connectivity index (χ0v) is 10.4. The van der Waals surface area contributed by atoms with Gasteiger partial charge in [-0.15, -0.1) is 0 Å². The number of aliphatic hydroxyl groups excluding tert-OH is 1. The highest BCUT2D eigenvalue weighted by molar-refractivity contribution is 5.48. The van der Waals surface area contributed by atoms with Crippen LogP contribution in [0.25, 0.3) is 5.70 Å². The summed E-state index contributed by atoms with van der Waals surface area (Å²) in [7, 11) is 0. The molecule has 1 unspecified atom stereocenters. The molecule has 0 aromatic carbocycles. The molecule has 4 heteroatoms. The molecule has 0 amide bonds. The molecule has 1 N–H and O–H groups in total. The first-order chi connectivity index (χ1) is 8.31. The topological polar surface area (TPSA) is 50.9 Å². The van der Waals surface area contributed by atoms with Crippen LogP contribution in [0.1, 0.15) is 45.4 Å². The van der Waals surface area contributed by atoms with Crippen molar-refractivity contribution >= 4 is 5.70 Å². The van der Waals surface area contributed by atoms with E-state index in [0.717, 1.165) is 5.70 Å². The first-order valence-corrected chi connectivity index (χ1v) is 6.56. The Balaban J connectivity index is 2.17. The maximum absolute atomic E-state index is 10.1. The van der Waals surface area contributed by atoms with Crippen LogP contribution in [0.5, 0.6) is 0 Å². The van der Waals surface area contributed by atoms with Gasteiger partial charge < -0.3 is 5.11 Å². The van der Waals surface area contributed by atoms with Gasteiger partial charge in [0.1, 0.15) is 12.7 Å². The second-order valence-corrected chi connectivity index (χ2v) is 4.75. The van der Waals surface area contributed by atoms with E-state index in [1.165, 1.54) is 38.4 Å². The van der Waals surface area contributed by atoms with E-state index in [1.807, 2.05) is 6.92 Å². The van der Waals surface area contributed by atoms with E-state index in [4.69, 9.17) is 0 Å². The van der Waals surface area contributed by atoms with Crippen molar-refractivity contribution in [2.75, 3.05) is 0 Å². The number of hydrogen-bond acceptors (Lipinski definition) is 3. The summed E-state index contributed by atoms with van der Waals surface area (Å²) in [4.78, 5) is 3.95. The van der Waals surface area contributed by atoms with Gasteiger partial charge in [0.15, 0.2) is 0 Å². The Hall–Kier alpha value is -1.16. The molecule has 2 rings (SSSR count). The van der Waals surface area contributed by atoms with Crippen LogP contribution in [-0.2, 0) is 0 Å². The summed E-state index contributed by atoms with van der Waals surface area (Å²) in [6.45, 7) is 1.98. The minimum Gasteiger partial charge on any atom is -0.387 e. The van der Waals surface area contributed by atoms with Gasteiger partial charge in [0.2, 0.25) is 0 Å². The van der Waals surface area contributed by atoms with Crippen molar-refractivity contribution in [1.82, 2.24) is 14.8 Å². The Kier molecular flexibility index (Phi) is 4.31. The Morgan fingerprint density at radius 1 is 1.47 bits per heavy atom. The van der Waals surface area contributed by atoms with E-state index in [2.05, 4.69) is 16.2 Å². The van der Waals surface area contributed by atoms with Gasteiger partial charge in [-0.05, 0) is 25.2 Å². The summed E-state index contributed by atoms with van der Waals surface area (Å²) >= 11 is 0. The van der Waals surface area contributed by atoms with Crippen molar-refractivity contribution in [3.63, 3.8) is 0 Å². The van der Waals surface area contributed by atoms with E-state index < -0.39 is 6.10 Å². The van der Waals surface area contributed by atoms with Crippen LogP contribution in [0.3, 0.4) is 0 Å². The van der Waals surface area contributed by atoms with Gasteiger partial charge in [-0.25, -0.2) is 9.67 Å². The summed E-state index contributed by atoms with van der Waals surface area (Å²) in [6.07, 6.45) is 12.0. The molecule has 1 fully saturated rings. The van der Waals surface area contributed by atoms with Crippen molar-refractivity contribution in [3.8, 4) is 0 Å². The van der Waals surface area contributed by atoms with Crippen molar-refractivity contribution in [3.05, 3.63) is 18.7 Å². The standard InChI is InChI=1S/C13H21N3O/c1-2-13(17)12(16-10-14-9-15-16)8-11-6-4-3-5-7-11/h8-11,13,17H,2-7H2,1H3/b12-8+. The number of rotatable bonds is 4. The number of allylic oxidation sites excluding steroid dienone is 1. The van der Waals surface area contributed by atoms with Gasteiger partial charge in [0, 0.05) is 0 Å². The van der Waals surface area contributed by atoms with Gasteiger partial charge in [-0.2, -0.15) is 5.10 Å². The molecule has 0 aliphatic heterocycles. The van der Waals surface area contributed by atoms with Gasteiger partial charge in [-0.3, -0.25) is 0 Å². The average Bonchev–Trinajstić information content (AvgIpc) is 2.90. The summed E-state index contributed by atoms with van der Waals surface area (Å²) in [5, 5.41) is 14.2. The third-order valence-electron chi connectivity index (χ3n) is 3.47. The molecule has 1 aliphatic carbocycles. The van der Waals surface area contributed by atoms with E-state index >= 15 is 0 Å². The lowest BCUT2D eigenvalue weighted by atomic mass is 9.88. The smallest absolute Gasteiger partial charge is 0.138 e. The minimum absolute atomic E-state index is 0.446. The van der Waals surface area contributed by atoms with E-state index in [1.54, 1.807) is 11.0 Å². The van der Waals surface area contributed by atoms with Crippen LogP contribution >= 0.6 is 0 Å². The van der Waals surface area contributed by atoms with Gasteiger partial charge in [-0.1, -0.05) is 32.3 Å². The van der Waals surface area contributed by atoms with Crippen molar-refractivity contribution in [1.29, 1.82) is 0 Å². The lowest BCUT2D eigenvalue weighted by molar-refractivity contribution is 0.219. The lowest BCUT2D eigenvalue weighted by Gasteiger charge is -2.21. The maximum Gasteiger partial charge on any atom is 0.138 e. The second-order valence-electron chi connectivity index (χ2n) is 4.75. The Labute approximate surface area is 102 Å². The molecule has 1 aromatic heterocycles. The van der Waals surface area contributed by atoms with Gasteiger partial charge in [0.05, 0.1) is 11.8 Å². The molecule has 0 bridgehead atoms. The van der Waals surface area contributed by atoms with E-state index in [-0.39, 0.29) is 0 Å². The fraction of sp³-hybridized carbons (Fsp3) is 0.692. The first-order valence-electron chi connectivity index (χ1n) is 6.56. The van der Waals surface area contributed by atoms with E-state index in [0.29, 0.717) is 12.3 Å². The molecule has 0 radical (unpaired) electrons. The summed E-state index contributed by atoms with van der Waals surface area (Å²) in [5.74, 6) is 0.587. The number of aliphatic hydroxyl groups is 1. The van der Waals surface area contributed by atoms with Crippen LogP contribution in [0, 0.1) is 5.92 Å². The van der Waals surface area contributed by atoms with Crippen LogP contribution in [-0.4, -0.2) is 26.0 Å². The van der Waals surface area contributed by atoms with Crippen LogP contribution < -0.4 is 0 Å². The third-order valence-corrected chi connectivity index (χ3v) is 3.47. The Morgan fingerprint density at radius 3 is 2.82 bits per heavy atom. The third kappa shape index (κ3) is 3.16. The fourth-order valence-electron chi connectivity index (χ4n) is 2.43. The maximum atomic E-state index is 10.1. The summed E-state index contributed by atoms with van der Waals surface area (Å²) in [6, 6.07) is 0. The molecular formula is C13H21N3O. The molecule has 4 nitrogen and oxygen atoms in total.